The van der Waals surface area contributed by atoms with Gasteiger partial charge in [-0.2, -0.15) is 5.10 Å². The van der Waals surface area contributed by atoms with E-state index in [0.717, 1.165) is 10.9 Å². The number of fused-ring (bicyclic) bond motifs is 1. The lowest BCUT2D eigenvalue weighted by atomic mass is 10.3. The van der Waals surface area contributed by atoms with Gasteiger partial charge in [-0.3, -0.25) is 14.3 Å². The molecule has 4 heteroatoms. The number of rotatable bonds is 0. The molecular formula is C15H14N2O2. The number of H-pyrrole nitrogens is 1. The first kappa shape index (κ1) is 12.7. The zero-order valence-electron chi connectivity index (χ0n) is 10.3. The van der Waals surface area contributed by atoms with Gasteiger partial charge in [0.15, 0.2) is 0 Å². The summed E-state index contributed by atoms with van der Waals surface area (Å²) in [4.78, 5) is 0. The molecule has 2 heterocycles. The van der Waals surface area contributed by atoms with Crippen molar-refractivity contribution < 1.29 is 9.15 Å². The fourth-order valence-electron chi connectivity index (χ4n) is 1.36. The summed E-state index contributed by atoms with van der Waals surface area (Å²) in [6, 6.07) is 18.7. The van der Waals surface area contributed by atoms with Crippen LogP contribution in [0.3, 0.4) is 0 Å². The van der Waals surface area contributed by atoms with Gasteiger partial charge in [-0.15, -0.1) is 0 Å². The van der Waals surface area contributed by atoms with Crippen LogP contribution in [0.25, 0.3) is 10.9 Å². The van der Waals surface area contributed by atoms with E-state index in [0.29, 0.717) is 0 Å². The topological polar surface area (TPSA) is 55.0 Å². The molecule has 19 heavy (non-hydrogen) atoms. The molecule has 96 valence electrons. The Morgan fingerprint density at radius 1 is 0.737 bits per heavy atom. The summed E-state index contributed by atoms with van der Waals surface area (Å²) >= 11 is 0. The van der Waals surface area contributed by atoms with Crippen molar-refractivity contribution in [2.75, 3.05) is 0 Å². The van der Waals surface area contributed by atoms with E-state index in [1.807, 2.05) is 48.5 Å². The highest BCUT2D eigenvalue weighted by molar-refractivity contribution is 5.76. The molecule has 0 aliphatic carbocycles. The maximum Gasteiger partial charge on any atom is 0.142 e. The van der Waals surface area contributed by atoms with Crippen molar-refractivity contribution in [3.05, 3.63) is 79.4 Å². The Morgan fingerprint density at radius 2 is 1.37 bits per heavy atom. The smallest absolute Gasteiger partial charge is 0.142 e. The number of hydrogen-bond acceptors (Lipinski definition) is 3. The molecule has 0 atom stereocenters. The quantitative estimate of drug-likeness (QED) is 0.719. The van der Waals surface area contributed by atoms with Crippen LogP contribution in [0.1, 0.15) is 0 Å². The van der Waals surface area contributed by atoms with E-state index in [2.05, 4.69) is 10.2 Å². The van der Waals surface area contributed by atoms with Gasteiger partial charge in [0.2, 0.25) is 0 Å². The van der Waals surface area contributed by atoms with Crippen molar-refractivity contribution in [1.82, 2.24) is 10.2 Å². The van der Waals surface area contributed by atoms with Gasteiger partial charge in [0, 0.05) is 5.39 Å². The SMILES string of the molecule is c1ccccc2[nH]ncc2ccccooccc1. The first-order valence-corrected chi connectivity index (χ1v) is 5.82. The van der Waals surface area contributed by atoms with Crippen molar-refractivity contribution in [2.24, 2.45) is 0 Å². The average molecular weight is 254 g/mol. The third-order valence-corrected chi connectivity index (χ3v) is 2.23. The Bertz CT molecular complexity index is 610. The number of nitrogens with zero attached hydrogens (tertiary/aromatic N) is 1. The highest BCUT2D eigenvalue weighted by Gasteiger charge is 1.85. The van der Waals surface area contributed by atoms with E-state index in [1.54, 1.807) is 18.3 Å². The molecule has 2 aromatic rings. The molecule has 0 spiro atoms. The van der Waals surface area contributed by atoms with E-state index in [4.69, 9.17) is 9.15 Å². The zero-order chi connectivity index (χ0) is 13.2. The molecule has 0 saturated heterocycles. The van der Waals surface area contributed by atoms with Gasteiger partial charge >= 0.3 is 0 Å². The van der Waals surface area contributed by atoms with E-state index in [9.17, 15) is 0 Å². The Morgan fingerprint density at radius 3 is 2.21 bits per heavy atom. The predicted octanol–water partition coefficient (Wildman–Crippen LogP) is 4.12. The standard InChI is InChI=1S/C15H14N2O2/c1-2-4-7-11-18-19-12-8-6-9-14-13-16-17-15(14)10-5-3-1/h1-13H,(H,16,17). The minimum absolute atomic E-state index is 0.947. The first-order valence-electron chi connectivity index (χ1n) is 5.82. The molecule has 0 saturated carbocycles. The summed E-state index contributed by atoms with van der Waals surface area (Å²) in [5.41, 5.74) is 0.947. The molecule has 0 fully saturated rings. The zero-order valence-corrected chi connectivity index (χ0v) is 10.3. The van der Waals surface area contributed by atoms with Crippen molar-refractivity contribution in [3.8, 4) is 0 Å². The highest BCUT2D eigenvalue weighted by atomic mass is 17.0. The third kappa shape index (κ3) is 4.55. The summed E-state index contributed by atoms with van der Waals surface area (Å²) in [6.07, 6.45) is 4.66. The van der Waals surface area contributed by atoms with Crippen LogP contribution in [-0.2, 0) is 0 Å². The van der Waals surface area contributed by atoms with Gasteiger partial charge in [-0.1, -0.05) is 42.5 Å². The number of aromatic nitrogens is 2. The Hall–Kier alpha value is -2.75. The average Bonchev–Trinajstić information content (AvgIpc) is 2.85. The van der Waals surface area contributed by atoms with E-state index < -0.39 is 0 Å². The van der Waals surface area contributed by atoms with E-state index >= 15 is 0 Å². The summed E-state index contributed by atoms with van der Waals surface area (Å²) in [5, 5.41) is 7.93. The normalized spacial score (nSPS) is 9.05. The Balaban J connectivity index is 2.52. The highest BCUT2D eigenvalue weighted by Crippen LogP contribution is 2.04. The van der Waals surface area contributed by atoms with Crippen molar-refractivity contribution in [2.45, 2.75) is 0 Å². The van der Waals surface area contributed by atoms with Gasteiger partial charge < -0.3 is 0 Å². The lowest BCUT2D eigenvalue weighted by molar-refractivity contribution is 0.0480. The molecule has 4 nitrogen and oxygen atoms in total. The molecule has 0 aromatic carbocycles. The molecule has 0 aliphatic heterocycles. The van der Waals surface area contributed by atoms with Crippen LogP contribution in [-0.4, -0.2) is 10.2 Å². The number of hydrogen-bond donors (Lipinski definition) is 1. The van der Waals surface area contributed by atoms with Gasteiger partial charge in [0.05, 0.1) is 11.7 Å². The molecule has 0 amide bonds. The van der Waals surface area contributed by atoms with Gasteiger partial charge in [0.25, 0.3) is 0 Å². The molecular weight excluding hydrogens is 240 g/mol. The van der Waals surface area contributed by atoms with Gasteiger partial charge in [0.1, 0.15) is 12.5 Å². The lowest BCUT2D eigenvalue weighted by Crippen LogP contribution is -1.61. The van der Waals surface area contributed by atoms with Crippen molar-refractivity contribution in [1.29, 1.82) is 0 Å². The number of aromatic amines is 1. The fourth-order valence-corrected chi connectivity index (χ4v) is 1.36. The van der Waals surface area contributed by atoms with E-state index in [1.165, 1.54) is 12.5 Å². The largest absolute Gasteiger partial charge is 0.299 e. The van der Waals surface area contributed by atoms with Crippen molar-refractivity contribution >= 4 is 10.9 Å². The summed E-state index contributed by atoms with van der Waals surface area (Å²) in [5.74, 6) is 0. The fraction of sp³-hybridized carbons (Fsp3) is 0. The van der Waals surface area contributed by atoms with Crippen LogP contribution in [0, 0.1) is 0 Å². The second-order valence-corrected chi connectivity index (χ2v) is 3.58. The molecule has 2 rings (SSSR count). The molecule has 0 bridgehead atoms. The van der Waals surface area contributed by atoms with Crippen LogP contribution < -0.4 is 0 Å². The first-order chi connectivity index (χ1) is 9.47. The summed E-state index contributed by atoms with van der Waals surface area (Å²) in [7, 11) is 0. The van der Waals surface area contributed by atoms with Crippen molar-refractivity contribution in [3.63, 3.8) is 0 Å². The third-order valence-electron chi connectivity index (χ3n) is 2.23. The molecule has 0 radical (unpaired) electrons. The lowest BCUT2D eigenvalue weighted by Gasteiger charge is -1.77. The van der Waals surface area contributed by atoms with Crippen LogP contribution in [0.15, 0.2) is 88.5 Å². The monoisotopic (exact) mass is 254 g/mol. The van der Waals surface area contributed by atoms with Crippen LogP contribution in [0.5, 0.6) is 0 Å². The van der Waals surface area contributed by atoms with Crippen LogP contribution in [0.2, 0.25) is 0 Å². The number of nitrogens with one attached hydrogen (secondary N) is 1. The molecule has 0 unspecified atom stereocenters. The summed E-state index contributed by atoms with van der Waals surface area (Å²) in [6.45, 7) is 0. The van der Waals surface area contributed by atoms with E-state index in [-0.39, 0.29) is 0 Å². The molecule has 0 aliphatic rings. The van der Waals surface area contributed by atoms with Crippen LogP contribution in [0.4, 0.5) is 0 Å². The molecule has 1 N–H and O–H groups in total. The van der Waals surface area contributed by atoms with Crippen LogP contribution >= 0.6 is 0 Å². The minimum atomic E-state index is 0.947. The Labute approximate surface area is 110 Å². The van der Waals surface area contributed by atoms with Gasteiger partial charge in [-0.25, -0.2) is 0 Å². The maximum absolute atomic E-state index is 4.80. The summed E-state index contributed by atoms with van der Waals surface area (Å²) < 4.78 is 9.58. The Kier molecular flexibility index (Phi) is 5.05. The van der Waals surface area contributed by atoms with Gasteiger partial charge in [-0.05, 0) is 18.2 Å². The second-order valence-electron chi connectivity index (χ2n) is 3.58. The second kappa shape index (κ2) is 7.55. The minimum Gasteiger partial charge on any atom is -0.299 e. The molecule has 2 aromatic heterocycles. The predicted molar refractivity (Wildman–Crippen MR) is 73.5 cm³/mol. The maximum atomic E-state index is 4.80.